The van der Waals surface area contributed by atoms with Crippen molar-refractivity contribution < 1.29 is 9.47 Å². The first-order valence-corrected chi connectivity index (χ1v) is 6.00. The highest BCUT2D eigenvalue weighted by Crippen LogP contribution is 2.35. The summed E-state index contributed by atoms with van der Waals surface area (Å²) in [5, 5.41) is 0. The van der Waals surface area contributed by atoms with E-state index >= 15 is 0 Å². The molecule has 0 spiro atoms. The number of methoxy groups -OCH3 is 2. The van der Waals surface area contributed by atoms with Gasteiger partial charge in [0.05, 0.1) is 14.2 Å². The Morgan fingerprint density at radius 3 is 1.79 bits per heavy atom. The summed E-state index contributed by atoms with van der Waals surface area (Å²) < 4.78 is 10.5. The van der Waals surface area contributed by atoms with Gasteiger partial charge in [-0.3, -0.25) is 0 Å². The number of hydrogen-bond acceptors (Lipinski definition) is 5. The molecule has 0 saturated heterocycles. The summed E-state index contributed by atoms with van der Waals surface area (Å²) in [5.74, 6) is 1.87. The highest BCUT2D eigenvalue weighted by Gasteiger charge is 2.14. The van der Waals surface area contributed by atoms with Gasteiger partial charge in [-0.2, -0.15) is 0 Å². The zero-order chi connectivity index (χ0) is 15.3. The van der Waals surface area contributed by atoms with Crippen LogP contribution in [-0.4, -0.2) is 35.4 Å². The van der Waals surface area contributed by atoms with E-state index in [1.165, 1.54) is 26.7 Å². The molecule has 19 heavy (non-hydrogen) atoms. The lowest BCUT2D eigenvalue weighted by atomic mass is 10.1. The summed E-state index contributed by atoms with van der Waals surface area (Å²) in [4.78, 5) is 0. The van der Waals surface area contributed by atoms with Crippen molar-refractivity contribution in [1.82, 2.24) is 0 Å². The average molecular weight is 269 g/mol. The van der Waals surface area contributed by atoms with Crippen LogP contribution in [-0.2, 0) is 6.42 Å². The Balaban J connectivity index is 0. The standard InChI is InChI=1S/C11H12O2.3CH5N/c1-12-10-6-7-11(13-2)9-5-3-4-8(9)10;3*1-2/h3-4,6-7H,5H2,1-2H3;3*2H2,1H3. The Bertz CT molecular complexity index is 366. The largest absolute Gasteiger partial charge is 0.496 e. The first-order valence-electron chi connectivity index (χ1n) is 6.00. The molecule has 6 N–H and O–H groups in total. The zero-order valence-corrected chi connectivity index (χ0v) is 12.6. The second-order valence-corrected chi connectivity index (χ2v) is 2.97. The fraction of sp³-hybridized carbons (Fsp3) is 0.429. The number of hydrogen-bond donors (Lipinski definition) is 3. The number of fused-ring (bicyclic) bond motifs is 1. The molecule has 1 aliphatic rings. The van der Waals surface area contributed by atoms with Gasteiger partial charge >= 0.3 is 0 Å². The van der Waals surface area contributed by atoms with Gasteiger partial charge < -0.3 is 26.7 Å². The summed E-state index contributed by atoms with van der Waals surface area (Å²) in [6.45, 7) is 0. The normalized spacial score (nSPS) is 9.68. The molecular weight excluding hydrogens is 242 g/mol. The van der Waals surface area contributed by atoms with Crippen molar-refractivity contribution in [3.63, 3.8) is 0 Å². The van der Waals surface area contributed by atoms with Crippen LogP contribution >= 0.6 is 0 Å². The highest BCUT2D eigenvalue weighted by molar-refractivity contribution is 5.69. The minimum atomic E-state index is 0.921. The average Bonchev–Trinajstić information content (AvgIpc) is 3.02. The van der Waals surface area contributed by atoms with E-state index in [2.05, 4.69) is 29.4 Å². The van der Waals surface area contributed by atoms with E-state index < -0.39 is 0 Å². The molecule has 5 heteroatoms. The lowest BCUT2D eigenvalue weighted by Gasteiger charge is -2.10. The number of rotatable bonds is 2. The van der Waals surface area contributed by atoms with Gasteiger partial charge in [-0.15, -0.1) is 0 Å². The van der Waals surface area contributed by atoms with Gasteiger partial charge in [-0.25, -0.2) is 0 Å². The molecule has 1 aromatic rings. The molecule has 2 rings (SSSR count). The third-order valence-corrected chi connectivity index (χ3v) is 2.32. The van der Waals surface area contributed by atoms with Crippen LogP contribution in [0.4, 0.5) is 0 Å². The summed E-state index contributed by atoms with van der Waals surface area (Å²) >= 11 is 0. The van der Waals surface area contributed by atoms with Gasteiger partial charge in [0.2, 0.25) is 0 Å². The van der Waals surface area contributed by atoms with Crippen LogP contribution in [0.1, 0.15) is 11.1 Å². The van der Waals surface area contributed by atoms with Crippen molar-refractivity contribution in [1.29, 1.82) is 0 Å². The molecule has 0 aliphatic heterocycles. The molecule has 1 aromatic carbocycles. The molecule has 1 aliphatic carbocycles. The van der Waals surface area contributed by atoms with E-state index in [0.29, 0.717) is 0 Å². The summed E-state index contributed by atoms with van der Waals surface area (Å²) in [5.41, 5.74) is 15.9. The number of nitrogens with two attached hydrogens (primary N) is 3. The predicted octanol–water partition coefficient (Wildman–Crippen LogP) is 0.998. The molecule has 0 heterocycles. The molecule has 0 unspecified atom stereocenters. The maximum absolute atomic E-state index is 5.26. The maximum Gasteiger partial charge on any atom is 0.126 e. The Kier molecular flexibility index (Phi) is 13.4. The molecule has 110 valence electrons. The number of allylic oxidation sites excluding steroid dienone is 1. The summed E-state index contributed by atoms with van der Waals surface area (Å²) in [6, 6.07) is 3.89. The zero-order valence-electron chi connectivity index (χ0n) is 12.6. The van der Waals surface area contributed by atoms with Crippen LogP contribution < -0.4 is 26.7 Å². The van der Waals surface area contributed by atoms with E-state index in [1.807, 2.05) is 12.1 Å². The molecule has 5 nitrogen and oxygen atoms in total. The fourth-order valence-corrected chi connectivity index (χ4v) is 1.68. The topological polar surface area (TPSA) is 96.5 Å². The lowest BCUT2D eigenvalue weighted by Crippen LogP contribution is -1.94. The molecule has 0 fully saturated rings. The smallest absolute Gasteiger partial charge is 0.126 e. The van der Waals surface area contributed by atoms with Gasteiger partial charge in [0.1, 0.15) is 11.5 Å². The fourth-order valence-electron chi connectivity index (χ4n) is 1.68. The third kappa shape index (κ3) is 5.30. The van der Waals surface area contributed by atoms with Crippen LogP contribution in [0.25, 0.3) is 6.08 Å². The number of benzene rings is 1. The second-order valence-electron chi connectivity index (χ2n) is 2.97. The van der Waals surface area contributed by atoms with Crippen LogP contribution in [0, 0.1) is 0 Å². The Labute approximate surface area is 116 Å². The van der Waals surface area contributed by atoms with Gasteiger partial charge in [-0.05, 0) is 39.7 Å². The minimum Gasteiger partial charge on any atom is -0.496 e. The van der Waals surface area contributed by atoms with Crippen molar-refractivity contribution >= 4 is 6.08 Å². The Morgan fingerprint density at radius 2 is 1.32 bits per heavy atom. The van der Waals surface area contributed by atoms with E-state index in [9.17, 15) is 0 Å². The third-order valence-electron chi connectivity index (χ3n) is 2.32. The Hall–Kier alpha value is -1.56. The minimum absolute atomic E-state index is 0.921. The second kappa shape index (κ2) is 12.9. The maximum atomic E-state index is 5.26. The van der Waals surface area contributed by atoms with Gasteiger partial charge in [0, 0.05) is 11.1 Å². The summed E-state index contributed by atoms with van der Waals surface area (Å²) in [7, 11) is 7.88. The van der Waals surface area contributed by atoms with Crippen LogP contribution in [0.2, 0.25) is 0 Å². The van der Waals surface area contributed by atoms with E-state index in [-0.39, 0.29) is 0 Å². The van der Waals surface area contributed by atoms with Crippen molar-refractivity contribution in [2.24, 2.45) is 17.2 Å². The van der Waals surface area contributed by atoms with Crippen LogP contribution in [0.15, 0.2) is 18.2 Å². The molecule has 0 saturated carbocycles. The van der Waals surface area contributed by atoms with E-state index in [4.69, 9.17) is 9.47 Å². The van der Waals surface area contributed by atoms with E-state index in [0.717, 1.165) is 23.5 Å². The van der Waals surface area contributed by atoms with E-state index in [1.54, 1.807) is 14.2 Å². The first-order chi connectivity index (χ1) is 9.36. The molecule has 0 atom stereocenters. The van der Waals surface area contributed by atoms with Crippen LogP contribution in [0.3, 0.4) is 0 Å². The highest BCUT2D eigenvalue weighted by atomic mass is 16.5. The van der Waals surface area contributed by atoms with Gasteiger partial charge in [0.15, 0.2) is 0 Å². The van der Waals surface area contributed by atoms with Crippen molar-refractivity contribution in [2.45, 2.75) is 6.42 Å². The lowest BCUT2D eigenvalue weighted by molar-refractivity contribution is 0.399. The number of ether oxygens (including phenoxy) is 2. The van der Waals surface area contributed by atoms with Crippen molar-refractivity contribution in [3.8, 4) is 11.5 Å². The summed E-state index contributed by atoms with van der Waals surface area (Å²) in [6.07, 6.45) is 5.14. The van der Waals surface area contributed by atoms with Gasteiger partial charge in [-0.1, -0.05) is 12.2 Å². The van der Waals surface area contributed by atoms with Crippen LogP contribution in [0.5, 0.6) is 11.5 Å². The molecule has 0 amide bonds. The van der Waals surface area contributed by atoms with Crippen molar-refractivity contribution in [2.75, 3.05) is 35.4 Å². The quantitative estimate of drug-likeness (QED) is 0.744. The molecule has 0 radical (unpaired) electrons. The Morgan fingerprint density at radius 1 is 0.842 bits per heavy atom. The first kappa shape index (κ1) is 19.8. The van der Waals surface area contributed by atoms with Crippen molar-refractivity contribution in [3.05, 3.63) is 29.3 Å². The SMILES string of the molecule is CN.CN.CN.COc1ccc(OC)c2c1C=CC2. The monoisotopic (exact) mass is 269 g/mol. The molecular formula is C14H27N3O2. The molecule has 0 bridgehead atoms. The van der Waals surface area contributed by atoms with Gasteiger partial charge in [0.25, 0.3) is 0 Å². The molecule has 0 aromatic heterocycles. The predicted molar refractivity (Wildman–Crippen MR) is 82.6 cm³/mol.